The summed E-state index contributed by atoms with van der Waals surface area (Å²) in [6, 6.07) is 11.4. The van der Waals surface area contributed by atoms with E-state index >= 15 is 0 Å². The van der Waals surface area contributed by atoms with Crippen LogP contribution in [0.25, 0.3) is 0 Å². The maximum atomic E-state index is 11.8. The number of carbonyl (C=O) groups is 2. The summed E-state index contributed by atoms with van der Waals surface area (Å²) < 4.78 is 27.1. The molecular formula is C21H24O8. The first-order valence-corrected chi connectivity index (χ1v) is 8.82. The van der Waals surface area contributed by atoms with Gasteiger partial charge in [0.05, 0.1) is 14.2 Å². The zero-order chi connectivity index (χ0) is 21.4. The average Bonchev–Trinajstić information content (AvgIpc) is 2.70. The van der Waals surface area contributed by atoms with Crippen molar-refractivity contribution in [1.29, 1.82) is 0 Å². The number of ether oxygens (including phenoxy) is 5. The van der Waals surface area contributed by atoms with E-state index in [-0.39, 0.29) is 18.1 Å². The summed E-state index contributed by atoms with van der Waals surface area (Å²) in [5, 5.41) is 9.87. The van der Waals surface area contributed by atoms with Gasteiger partial charge in [-0.3, -0.25) is 9.59 Å². The van der Waals surface area contributed by atoms with Crippen LogP contribution in [0.3, 0.4) is 0 Å². The van der Waals surface area contributed by atoms with E-state index in [4.69, 9.17) is 23.7 Å². The number of aromatic hydroxyl groups is 1. The van der Waals surface area contributed by atoms with Crippen molar-refractivity contribution in [2.24, 2.45) is 0 Å². The highest BCUT2D eigenvalue weighted by Crippen LogP contribution is 2.35. The summed E-state index contributed by atoms with van der Waals surface area (Å²) in [6.45, 7) is 2.34. The van der Waals surface area contributed by atoms with E-state index in [0.29, 0.717) is 17.1 Å². The molecule has 8 heteroatoms. The Morgan fingerprint density at radius 2 is 1.59 bits per heavy atom. The molecule has 0 saturated carbocycles. The summed E-state index contributed by atoms with van der Waals surface area (Å²) in [5.74, 6) is -0.0922. The van der Waals surface area contributed by atoms with Gasteiger partial charge in [0.25, 0.3) is 0 Å². The standard InChI is InChI=1S/C21H24O8/c1-13(22)27-12-20(29-18-8-6-5-7-17(18)25-3)21(28-14(2)23)15-9-10-16(24)19(11-15)26-4/h5-11,20-21,24H,12H2,1-4H3/t20-,21+/m0/s1. The van der Waals surface area contributed by atoms with Crippen LogP contribution in [0, 0.1) is 0 Å². The van der Waals surface area contributed by atoms with Gasteiger partial charge in [0.15, 0.2) is 35.2 Å². The molecule has 29 heavy (non-hydrogen) atoms. The van der Waals surface area contributed by atoms with E-state index in [2.05, 4.69) is 0 Å². The molecule has 0 aliphatic rings. The van der Waals surface area contributed by atoms with Crippen LogP contribution in [0.15, 0.2) is 42.5 Å². The number of methoxy groups -OCH3 is 2. The number of benzene rings is 2. The fourth-order valence-corrected chi connectivity index (χ4v) is 2.67. The second-order valence-electron chi connectivity index (χ2n) is 6.07. The molecule has 156 valence electrons. The molecule has 0 aliphatic carbocycles. The Balaban J connectivity index is 2.45. The number of hydrogen-bond donors (Lipinski definition) is 1. The number of rotatable bonds is 9. The minimum Gasteiger partial charge on any atom is -0.504 e. The zero-order valence-corrected chi connectivity index (χ0v) is 16.7. The molecule has 0 unspecified atom stereocenters. The molecule has 0 fully saturated rings. The minimum absolute atomic E-state index is 0.0694. The number of carbonyl (C=O) groups excluding carboxylic acids is 2. The first kappa shape index (κ1) is 21.9. The van der Waals surface area contributed by atoms with Crippen LogP contribution in [-0.2, 0) is 19.1 Å². The predicted octanol–water partition coefficient (Wildman–Crippen LogP) is 3.02. The lowest BCUT2D eigenvalue weighted by Gasteiger charge is -2.28. The van der Waals surface area contributed by atoms with Crippen molar-refractivity contribution in [1.82, 2.24) is 0 Å². The normalized spacial score (nSPS) is 12.4. The van der Waals surface area contributed by atoms with Crippen molar-refractivity contribution in [2.45, 2.75) is 26.1 Å². The lowest BCUT2D eigenvalue weighted by Crippen LogP contribution is -2.34. The maximum absolute atomic E-state index is 11.8. The van der Waals surface area contributed by atoms with Gasteiger partial charge in [-0.25, -0.2) is 0 Å². The topological polar surface area (TPSA) is 101 Å². The molecule has 2 atom stereocenters. The molecule has 0 radical (unpaired) electrons. The molecule has 0 bridgehead atoms. The summed E-state index contributed by atoms with van der Waals surface area (Å²) in [4.78, 5) is 23.2. The summed E-state index contributed by atoms with van der Waals surface area (Å²) in [6.07, 6.45) is -1.85. The molecule has 1 N–H and O–H groups in total. The molecule has 0 aromatic heterocycles. The van der Waals surface area contributed by atoms with E-state index in [1.165, 1.54) is 40.2 Å². The van der Waals surface area contributed by atoms with Crippen molar-refractivity contribution >= 4 is 11.9 Å². The van der Waals surface area contributed by atoms with Crippen molar-refractivity contribution in [3.63, 3.8) is 0 Å². The van der Waals surface area contributed by atoms with Crippen LogP contribution >= 0.6 is 0 Å². The van der Waals surface area contributed by atoms with Gasteiger partial charge in [-0.2, -0.15) is 0 Å². The van der Waals surface area contributed by atoms with Gasteiger partial charge in [0.1, 0.15) is 6.61 Å². The Hall–Kier alpha value is -3.42. The van der Waals surface area contributed by atoms with Gasteiger partial charge in [0, 0.05) is 19.4 Å². The highest BCUT2D eigenvalue weighted by molar-refractivity contribution is 5.67. The fraction of sp³-hybridized carbons (Fsp3) is 0.333. The van der Waals surface area contributed by atoms with Crippen LogP contribution in [0.5, 0.6) is 23.0 Å². The molecule has 0 saturated heterocycles. The molecule has 2 aromatic rings. The zero-order valence-electron chi connectivity index (χ0n) is 16.7. The molecule has 0 spiro atoms. The van der Waals surface area contributed by atoms with Gasteiger partial charge in [-0.15, -0.1) is 0 Å². The molecule has 2 rings (SSSR count). The third-order valence-electron chi connectivity index (χ3n) is 3.96. The van der Waals surface area contributed by atoms with Gasteiger partial charge in [-0.05, 0) is 24.3 Å². The Bertz CT molecular complexity index is 848. The number of phenolic OH excluding ortho intramolecular Hbond substituents is 1. The van der Waals surface area contributed by atoms with E-state index in [9.17, 15) is 14.7 Å². The van der Waals surface area contributed by atoms with Crippen LogP contribution < -0.4 is 14.2 Å². The van der Waals surface area contributed by atoms with Crippen molar-refractivity contribution in [3.05, 3.63) is 48.0 Å². The van der Waals surface area contributed by atoms with Crippen molar-refractivity contribution in [3.8, 4) is 23.0 Å². The largest absolute Gasteiger partial charge is 0.504 e. The van der Waals surface area contributed by atoms with E-state index in [1.807, 2.05) is 0 Å². The molecule has 0 heterocycles. The van der Waals surface area contributed by atoms with Gasteiger partial charge < -0.3 is 28.8 Å². The van der Waals surface area contributed by atoms with Crippen LogP contribution in [0.2, 0.25) is 0 Å². The van der Waals surface area contributed by atoms with Crippen LogP contribution in [0.1, 0.15) is 25.5 Å². The summed E-state index contributed by atoms with van der Waals surface area (Å²) >= 11 is 0. The Morgan fingerprint density at radius 1 is 0.931 bits per heavy atom. The lowest BCUT2D eigenvalue weighted by molar-refractivity contribution is -0.157. The number of phenols is 1. The highest BCUT2D eigenvalue weighted by Gasteiger charge is 2.31. The molecule has 0 amide bonds. The molecule has 8 nitrogen and oxygen atoms in total. The highest BCUT2D eigenvalue weighted by atomic mass is 16.6. The molecular weight excluding hydrogens is 380 g/mol. The second-order valence-corrected chi connectivity index (χ2v) is 6.07. The maximum Gasteiger partial charge on any atom is 0.303 e. The number of esters is 2. The third kappa shape index (κ3) is 6.03. The summed E-state index contributed by atoms with van der Waals surface area (Å²) in [7, 11) is 2.90. The van der Waals surface area contributed by atoms with Crippen LogP contribution in [0.4, 0.5) is 0 Å². The molecule has 0 aliphatic heterocycles. The van der Waals surface area contributed by atoms with Crippen molar-refractivity contribution < 1.29 is 38.4 Å². The summed E-state index contributed by atoms with van der Waals surface area (Å²) in [5.41, 5.74) is 0.488. The van der Waals surface area contributed by atoms with Gasteiger partial charge in [-0.1, -0.05) is 18.2 Å². The second kappa shape index (κ2) is 10.2. The Morgan fingerprint density at radius 3 is 2.17 bits per heavy atom. The van der Waals surface area contributed by atoms with Gasteiger partial charge in [0.2, 0.25) is 0 Å². The van der Waals surface area contributed by atoms with E-state index < -0.39 is 24.1 Å². The monoisotopic (exact) mass is 404 g/mol. The quantitative estimate of drug-likeness (QED) is 0.637. The Kier molecular flexibility index (Phi) is 7.70. The van der Waals surface area contributed by atoms with E-state index in [0.717, 1.165) is 0 Å². The SMILES string of the molecule is COc1cc([C@@H](OC(C)=O)[C@H](COC(C)=O)Oc2ccccc2OC)ccc1O. The lowest BCUT2D eigenvalue weighted by atomic mass is 10.0. The Labute approximate surface area is 168 Å². The third-order valence-corrected chi connectivity index (χ3v) is 3.96. The van der Waals surface area contributed by atoms with Crippen LogP contribution in [-0.4, -0.2) is 44.0 Å². The number of hydrogen-bond acceptors (Lipinski definition) is 8. The smallest absolute Gasteiger partial charge is 0.303 e. The first-order valence-electron chi connectivity index (χ1n) is 8.82. The predicted molar refractivity (Wildman–Crippen MR) is 103 cm³/mol. The minimum atomic E-state index is -0.953. The van der Waals surface area contributed by atoms with Crippen molar-refractivity contribution in [2.75, 3.05) is 20.8 Å². The number of para-hydroxylation sites is 2. The van der Waals surface area contributed by atoms with Gasteiger partial charge >= 0.3 is 11.9 Å². The molecule has 2 aromatic carbocycles. The first-order chi connectivity index (χ1) is 13.8. The van der Waals surface area contributed by atoms with E-state index in [1.54, 1.807) is 30.3 Å². The fourth-order valence-electron chi connectivity index (χ4n) is 2.67. The average molecular weight is 404 g/mol.